The molecule has 0 bridgehead atoms. The van der Waals surface area contributed by atoms with Crippen LogP contribution in [-0.2, 0) is 12.3 Å². The van der Waals surface area contributed by atoms with Crippen molar-refractivity contribution >= 4 is 43.5 Å². The fourth-order valence-corrected chi connectivity index (χ4v) is 2.83. The number of methoxy groups -OCH3 is 1. The average Bonchev–Trinajstić information content (AvgIpc) is 2.50. The molecule has 0 unspecified atom stereocenters. The van der Waals surface area contributed by atoms with Crippen molar-refractivity contribution in [2.75, 3.05) is 7.11 Å². The van der Waals surface area contributed by atoms with Gasteiger partial charge in [-0.25, -0.2) is 4.98 Å². The van der Waals surface area contributed by atoms with E-state index < -0.39 is 0 Å². The summed E-state index contributed by atoms with van der Waals surface area (Å²) >= 11 is 12.8. The van der Waals surface area contributed by atoms with E-state index >= 15 is 0 Å². The van der Waals surface area contributed by atoms with Crippen molar-refractivity contribution < 1.29 is 9.47 Å². The molecule has 2 aromatic rings. The Kier molecular flexibility index (Phi) is 5.90. The molecule has 0 radical (unpaired) electrons. The third kappa shape index (κ3) is 4.11. The summed E-state index contributed by atoms with van der Waals surface area (Å²) in [6, 6.07) is 7.50. The molecule has 0 aliphatic rings. The molecule has 0 N–H and O–H groups in total. The summed E-state index contributed by atoms with van der Waals surface area (Å²) < 4.78 is 12.7. The number of aryl methyl sites for hydroxylation is 1. The largest absolute Gasteiger partial charge is 0.496 e. The van der Waals surface area contributed by atoms with Crippen LogP contribution in [0.4, 0.5) is 0 Å². The molecule has 0 amide bonds. The van der Waals surface area contributed by atoms with E-state index in [1.54, 1.807) is 7.11 Å². The van der Waals surface area contributed by atoms with Crippen molar-refractivity contribution in [1.29, 1.82) is 0 Å². The van der Waals surface area contributed by atoms with Gasteiger partial charge in [0.1, 0.15) is 11.5 Å². The van der Waals surface area contributed by atoms with E-state index in [1.807, 2.05) is 31.2 Å². The first-order valence-electron chi connectivity index (χ1n) is 6.34. The molecule has 21 heavy (non-hydrogen) atoms. The van der Waals surface area contributed by atoms with Gasteiger partial charge in [0.15, 0.2) is 0 Å². The van der Waals surface area contributed by atoms with E-state index in [0.717, 1.165) is 32.4 Å². The van der Waals surface area contributed by atoms with Gasteiger partial charge in [-0.05, 0) is 62.0 Å². The molecule has 6 heteroatoms. The summed E-state index contributed by atoms with van der Waals surface area (Å²) in [5.41, 5.74) is 1.94. The summed E-state index contributed by atoms with van der Waals surface area (Å²) in [5.74, 6) is 2.34. The molecule has 3 nitrogen and oxygen atoms in total. The highest BCUT2D eigenvalue weighted by molar-refractivity contribution is 9.11. The van der Waals surface area contributed by atoms with Crippen LogP contribution < -0.4 is 9.47 Å². The van der Waals surface area contributed by atoms with E-state index in [-0.39, 0.29) is 0 Å². The van der Waals surface area contributed by atoms with Gasteiger partial charge in [0, 0.05) is 17.6 Å². The topological polar surface area (TPSA) is 31.4 Å². The number of benzene rings is 1. The lowest BCUT2D eigenvalue weighted by molar-refractivity contribution is 0.408. The van der Waals surface area contributed by atoms with Gasteiger partial charge in [0.2, 0.25) is 5.88 Å². The molecule has 2 rings (SSSR count). The number of alkyl halides is 1. The minimum atomic E-state index is 0.430. The standard InChI is InChI=1S/C15H14Br2ClNO2/c1-3-10-4-9(8-18)5-15(19-10)21-14-7-11(16)13(20-2)6-12(14)17/h4-7H,3,8H2,1-2H3. The fraction of sp³-hybridized carbons (Fsp3) is 0.267. The lowest BCUT2D eigenvalue weighted by atomic mass is 10.2. The number of hydrogen-bond acceptors (Lipinski definition) is 3. The normalized spacial score (nSPS) is 10.5. The van der Waals surface area contributed by atoms with Crippen molar-refractivity contribution in [2.24, 2.45) is 0 Å². The Morgan fingerprint density at radius 3 is 2.38 bits per heavy atom. The van der Waals surface area contributed by atoms with Crippen LogP contribution in [0.3, 0.4) is 0 Å². The second kappa shape index (κ2) is 7.47. The van der Waals surface area contributed by atoms with Crippen molar-refractivity contribution in [1.82, 2.24) is 4.98 Å². The zero-order valence-corrected chi connectivity index (χ0v) is 15.5. The highest BCUT2D eigenvalue weighted by Gasteiger charge is 2.11. The van der Waals surface area contributed by atoms with Gasteiger partial charge in [-0.2, -0.15) is 0 Å². The van der Waals surface area contributed by atoms with E-state index in [4.69, 9.17) is 21.1 Å². The van der Waals surface area contributed by atoms with Crippen molar-refractivity contribution in [3.63, 3.8) is 0 Å². The summed E-state index contributed by atoms with van der Waals surface area (Å²) in [6.45, 7) is 2.05. The number of ether oxygens (including phenoxy) is 2. The summed E-state index contributed by atoms with van der Waals surface area (Å²) in [5, 5.41) is 0. The molecule has 0 atom stereocenters. The second-order valence-corrected chi connectivity index (χ2v) is 6.29. The Labute approximate surface area is 145 Å². The number of hydrogen-bond donors (Lipinski definition) is 0. The number of aromatic nitrogens is 1. The number of halogens is 3. The smallest absolute Gasteiger partial charge is 0.219 e. The monoisotopic (exact) mass is 433 g/mol. The molecule has 1 aromatic carbocycles. The van der Waals surface area contributed by atoms with Crippen molar-refractivity contribution in [3.8, 4) is 17.4 Å². The molecular weight excluding hydrogens is 421 g/mol. The Morgan fingerprint density at radius 1 is 1.10 bits per heavy atom. The maximum Gasteiger partial charge on any atom is 0.219 e. The third-order valence-corrected chi connectivity index (χ3v) is 4.40. The highest BCUT2D eigenvalue weighted by Crippen LogP contribution is 2.38. The third-order valence-electron chi connectivity index (χ3n) is 2.85. The maximum atomic E-state index is 5.91. The average molecular weight is 436 g/mol. The summed E-state index contributed by atoms with van der Waals surface area (Å²) in [4.78, 5) is 4.46. The second-order valence-electron chi connectivity index (χ2n) is 4.31. The Morgan fingerprint density at radius 2 is 1.76 bits per heavy atom. The van der Waals surface area contributed by atoms with Gasteiger partial charge < -0.3 is 9.47 Å². The first-order valence-corrected chi connectivity index (χ1v) is 8.46. The molecule has 1 aromatic heterocycles. The minimum absolute atomic E-state index is 0.430. The molecule has 112 valence electrons. The van der Waals surface area contributed by atoms with Crippen LogP contribution in [0.15, 0.2) is 33.2 Å². The molecule has 0 spiro atoms. The van der Waals surface area contributed by atoms with Gasteiger partial charge in [-0.15, -0.1) is 11.6 Å². The molecule has 1 heterocycles. The van der Waals surface area contributed by atoms with Gasteiger partial charge in [-0.1, -0.05) is 6.92 Å². The fourth-order valence-electron chi connectivity index (χ4n) is 1.79. The van der Waals surface area contributed by atoms with Crippen molar-refractivity contribution in [3.05, 3.63) is 44.5 Å². The Bertz CT molecular complexity index is 628. The van der Waals surface area contributed by atoms with E-state index in [1.165, 1.54) is 0 Å². The predicted molar refractivity (Wildman–Crippen MR) is 91.6 cm³/mol. The van der Waals surface area contributed by atoms with Crippen LogP contribution in [0, 0.1) is 0 Å². The van der Waals surface area contributed by atoms with Crippen LogP contribution in [0.2, 0.25) is 0 Å². The molecule has 0 aliphatic heterocycles. The summed E-state index contributed by atoms with van der Waals surface area (Å²) in [6.07, 6.45) is 0.828. The zero-order chi connectivity index (χ0) is 15.4. The van der Waals surface area contributed by atoms with Crippen LogP contribution in [0.1, 0.15) is 18.2 Å². The first-order chi connectivity index (χ1) is 10.1. The Balaban J connectivity index is 2.35. The van der Waals surface area contributed by atoms with Gasteiger partial charge >= 0.3 is 0 Å². The van der Waals surface area contributed by atoms with Crippen molar-refractivity contribution in [2.45, 2.75) is 19.2 Å². The number of rotatable bonds is 5. The lowest BCUT2D eigenvalue weighted by Crippen LogP contribution is -1.96. The molecule has 0 fully saturated rings. The van der Waals surface area contributed by atoms with E-state index in [2.05, 4.69) is 36.8 Å². The first kappa shape index (κ1) is 16.6. The predicted octanol–water partition coefficient (Wildman–Crippen LogP) is 5.71. The molecule has 0 saturated heterocycles. The van der Waals surface area contributed by atoms with Gasteiger partial charge in [0.05, 0.1) is 16.1 Å². The van der Waals surface area contributed by atoms with Gasteiger partial charge in [0.25, 0.3) is 0 Å². The highest BCUT2D eigenvalue weighted by atomic mass is 79.9. The SMILES string of the molecule is CCc1cc(CCl)cc(Oc2cc(Br)c(OC)cc2Br)n1. The van der Waals surface area contributed by atoms with Crippen LogP contribution in [0.5, 0.6) is 17.4 Å². The van der Waals surface area contributed by atoms with Crippen LogP contribution in [0.25, 0.3) is 0 Å². The Hall–Kier alpha value is -0.780. The number of nitrogens with zero attached hydrogens (tertiary/aromatic N) is 1. The van der Waals surface area contributed by atoms with E-state index in [9.17, 15) is 0 Å². The van der Waals surface area contributed by atoms with Gasteiger partial charge in [-0.3, -0.25) is 0 Å². The molecular formula is C15H14Br2ClNO2. The number of pyridine rings is 1. The maximum absolute atomic E-state index is 5.91. The molecule has 0 saturated carbocycles. The van der Waals surface area contributed by atoms with E-state index in [0.29, 0.717) is 17.5 Å². The summed E-state index contributed by atoms with van der Waals surface area (Å²) in [7, 11) is 1.62. The lowest BCUT2D eigenvalue weighted by Gasteiger charge is -2.12. The minimum Gasteiger partial charge on any atom is -0.496 e. The van der Waals surface area contributed by atoms with Crippen LogP contribution in [-0.4, -0.2) is 12.1 Å². The zero-order valence-electron chi connectivity index (χ0n) is 11.6. The quantitative estimate of drug-likeness (QED) is 0.564. The molecule has 0 aliphatic carbocycles. The van der Waals surface area contributed by atoms with Crippen LogP contribution >= 0.6 is 43.5 Å².